The van der Waals surface area contributed by atoms with E-state index >= 15 is 0 Å². The monoisotopic (exact) mass is 168 g/mol. The van der Waals surface area contributed by atoms with Gasteiger partial charge in [0.2, 0.25) is 0 Å². The number of hydrogen-bond donors (Lipinski definition) is 0. The molecular weight excluding hydrogens is 148 g/mol. The highest BCUT2D eigenvalue weighted by Crippen LogP contribution is 2.48. The third kappa shape index (κ3) is 1.19. The highest BCUT2D eigenvalue weighted by molar-refractivity contribution is 4.95. The van der Waals surface area contributed by atoms with E-state index in [1.807, 2.05) is 0 Å². The van der Waals surface area contributed by atoms with Crippen molar-refractivity contribution in [1.29, 1.82) is 0 Å². The molecule has 3 atom stereocenters. The van der Waals surface area contributed by atoms with Crippen LogP contribution in [0.1, 0.15) is 46.5 Å². The van der Waals surface area contributed by atoms with Crippen LogP contribution < -0.4 is 0 Å². The normalized spacial score (nSPS) is 40.8. The van der Waals surface area contributed by atoms with Gasteiger partial charge >= 0.3 is 0 Å². The largest absolute Gasteiger partial charge is 0.375 e. The summed E-state index contributed by atoms with van der Waals surface area (Å²) in [5.74, 6) is 0.834. The quantitative estimate of drug-likeness (QED) is 0.616. The molecule has 0 spiro atoms. The van der Waals surface area contributed by atoms with E-state index in [1.165, 1.54) is 25.7 Å². The molecule has 0 N–H and O–H groups in total. The summed E-state index contributed by atoms with van der Waals surface area (Å²) in [5, 5.41) is 0. The summed E-state index contributed by atoms with van der Waals surface area (Å²) in [6.07, 6.45) is 6.46. The first-order chi connectivity index (χ1) is 5.63. The van der Waals surface area contributed by atoms with Crippen LogP contribution >= 0.6 is 0 Å². The Morgan fingerprint density at radius 2 is 2.08 bits per heavy atom. The third-order valence-electron chi connectivity index (χ3n) is 4.02. The summed E-state index contributed by atoms with van der Waals surface area (Å²) < 4.78 is 5.87. The van der Waals surface area contributed by atoms with Crippen LogP contribution in [0.3, 0.4) is 0 Å². The Balaban J connectivity index is 2.06. The van der Waals surface area contributed by atoms with E-state index in [1.54, 1.807) is 0 Å². The lowest BCUT2D eigenvalue weighted by atomic mass is 9.70. The first kappa shape index (κ1) is 8.55. The van der Waals surface area contributed by atoms with Crippen molar-refractivity contribution in [2.45, 2.75) is 58.7 Å². The molecule has 0 radical (unpaired) electrons. The van der Waals surface area contributed by atoms with Crippen LogP contribution in [0.5, 0.6) is 0 Å². The molecule has 12 heavy (non-hydrogen) atoms. The van der Waals surface area contributed by atoms with E-state index in [0.717, 1.165) is 5.92 Å². The molecule has 0 aromatic heterocycles. The molecule has 2 heterocycles. The Morgan fingerprint density at radius 3 is 2.50 bits per heavy atom. The lowest BCUT2D eigenvalue weighted by molar-refractivity contribution is 0.0618. The van der Waals surface area contributed by atoms with Gasteiger partial charge in [0.15, 0.2) is 0 Å². The predicted molar refractivity (Wildman–Crippen MR) is 50.1 cm³/mol. The van der Waals surface area contributed by atoms with Gasteiger partial charge in [0.1, 0.15) is 0 Å². The molecule has 0 aromatic rings. The average Bonchev–Trinajstić information content (AvgIpc) is 2.64. The Bertz CT molecular complexity index is 174. The number of fused-ring (bicyclic) bond motifs is 2. The third-order valence-corrected chi connectivity index (χ3v) is 4.02. The van der Waals surface area contributed by atoms with Crippen LogP contribution in [0.4, 0.5) is 0 Å². The topological polar surface area (TPSA) is 9.23 Å². The van der Waals surface area contributed by atoms with Crippen LogP contribution in [0.2, 0.25) is 0 Å². The summed E-state index contributed by atoms with van der Waals surface area (Å²) >= 11 is 0. The molecular formula is C11H20O. The van der Waals surface area contributed by atoms with Crippen molar-refractivity contribution >= 4 is 0 Å². The lowest BCUT2D eigenvalue weighted by Crippen LogP contribution is -2.31. The van der Waals surface area contributed by atoms with E-state index in [-0.39, 0.29) is 0 Å². The smallest absolute Gasteiger partial charge is 0.0614 e. The van der Waals surface area contributed by atoms with Crippen molar-refractivity contribution in [2.24, 2.45) is 11.3 Å². The maximum atomic E-state index is 5.87. The molecule has 2 rings (SSSR count). The summed E-state index contributed by atoms with van der Waals surface area (Å²) in [6.45, 7) is 7.08. The van der Waals surface area contributed by atoms with Gasteiger partial charge in [0, 0.05) is 0 Å². The van der Waals surface area contributed by atoms with Gasteiger partial charge in [-0.2, -0.15) is 0 Å². The van der Waals surface area contributed by atoms with Gasteiger partial charge in [0.05, 0.1) is 12.2 Å². The minimum Gasteiger partial charge on any atom is -0.375 e. The standard InChI is InChI=1S/C11H20O/c1-4-11(2,3)9-7-8-5-6-10(9)12-8/h8-10H,4-7H2,1-3H3. The molecule has 2 saturated heterocycles. The summed E-state index contributed by atoms with van der Waals surface area (Å²) in [6, 6.07) is 0. The maximum absolute atomic E-state index is 5.87. The molecule has 2 bridgehead atoms. The molecule has 2 aliphatic rings. The van der Waals surface area contributed by atoms with Gasteiger partial charge < -0.3 is 4.74 Å². The number of hydrogen-bond acceptors (Lipinski definition) is 1. The van der Waals surface area contributed by atoms with Gasteiger partial charge in [0.25, 0.3) is 0 Å². The van der Waals surface area contributed by atoms with Gasteiger partial charge in [-0.25, -0.2) is 0 Å². The molecule has 1 heteroatoms. The van der Waals surface area contributed by atoms with Crippen molar-refractivity contribution in [2.75, 3.05) is 0 Å². The molecule has 0 saturated carbocycles. The van der Waals surface area contributed by atoms with Gasteiger partial charge in [-0.1, -0.05) is 27.2 Å². The second kappa shape index (κ2) is 2.73. The Hall–Kier alpha value is -0.0400. The van der Waals surface area contributed by atoms with Crippen molar-refractivity contribution in [3.05, 3.63) is 0 Å². The second-order valence-corrected chi connectivity index (χ2v) is 5.06. The van der Waals surface area contributed by atoms with Crippen LogP contribution in [0.15, 0.2) is 0 Å². The number of rotatable bonds is 2. The van der Waals surface area contributed by atoms with E-state index in [4.69, 9.17) is 4.74 Å². The van der Waals surface area contributed by atoms with Crippen molar-refractivity contribution in [1.82, 2.24) is 0 Å². The zero-order chi connectivity index (χ0) is 8.77. The van der Waals surface area contributed by atoms with Crippen LogP contribution in [0.25, 0.3) is 0 Å². The summed E-state index contributed by atoms with van der Waals surface area (Å²) in [5.41, 5.74) is 0.500. The summed E-state index contributed by atoms with van der Waals surface area (Å²) in [4.78, 5) is 0. The SMILES string of the molecule is CCC(C)(C)C1CC2CCC1O2. The first-order valence-corrected chi connectivity index (χ1v) is 5.29. The number of ether oxygens (including phenoxy) is 1. The molecule has 0 amide bonds. The van der Waals surface area contributed by atoms with Crippen LogP contribution in [-0.4, -0.2) is 12.2 Å². The van der Waals surface area contributed by atoms with Crippen molar-refractivity contribution < 1.29 is 4.74 Å². The Kier molecular flexibility index (Phi) is 1.95. The zero-order valence-corrected chi connectivity index (χ0v) is 8.47. The lowest BCUT2D eigenvalue weighted by Gasteiger charge is -2.34. The fourth-order valence-corrected chi connectivity index (χ4v) is 2.72. The van der Waals surface area contributed by atoms with E-state index < -0.39 is 0 Å². The van der Waals surface area contributed by atoms with Crippen molar-refractivity contribution in [3.63, 3.8) is 0 Å². The van der Waals surface area contributed by atoms with Crippen LogP contribution in [-0.2, 0) is 4.74 Å². The Labute approximate surface area is 75.5 Å². The van der Waals surface area contributed by atoms with E-state index in [0.29, 0.717) is 17.6 Å². The maximum Gasteiger partial charge on any atom is 0.0614 e. The highest BCUT2D eigenvalue weighted by Gasteiger charge is 2.46. The Morgan fingerprint density at radius 1 is 1.33 bits per heavy atom. The average molecular weight is 168 g/mol. The fraction of sp³-hybridized carbons (Fsp3) is 1.00. The van der Waals surface area contributed by atoms with E-state index in [2.05, 4.69) is 20.8 Å². The fourth-order valence-electron chi connectivity index (χ4n) is 2.72. The molecule has 0 aliphatic carbocycles. The van der Waals surface area contributed by atoms with Gasteiger partial charge in [-0.3, -0.25) is 0 Å². The molecule has 70 valence electrons. The zero-order valence-electron chi connectivity index (χ0n) is 8.47. The van der Waals surface area contributed by atoms with E-state index in [9.17, 15) is 0 Å². The molecule has 0 aromatic carbocycles. The van der Waals surface area contributed by atoms with Crippen LogP contribution in [0, 0.1) is 11.3 Å². The van der Waals surface area contributed by atoms with Gasteiger partial charge in [-0.15, -0.1) is 0 Å². The molecule has 3 unspecified atom stereocenters. The molecule has 2 fully saturated rings. The predicted octanol–water partition coefficient (Wildman–Crippen LogP) is 2.99. The second-order valence-electron chi connectivity index (χ2n) is 5.06. The first-order valence-electron chi connectivity index (χ1n) is 5.29. The van der Waals surface area contributed by atoms with Gasteiger partial charge in [-0.05, 0) is 30.6 Å². The minimum absolute atomic E-state index is 0.500. The minimum atomic E-state index is 0.500. The highest BCUT2D eigenvalue weighted by atomic mass is 16.5. The molecule has 1 nitrogen and oxygen atoms in total. The molecule has 2 aliphatic heterocycles. The van der Waals surface area contributed by atoms with Crippen molar-refractivity contribution in [3.8, 4) is 0 Å². The summed E-state index contributed by atoms with van der Waals surface area (Å²) in [7, 11) is 0.